The van der Waals surface area contributed by atoms with E-state index in [0.29, 0.717) is 5.13 Å². The van der Waals surface area contributed by atoms with Crippen molar-refractivity contribution in [3.8, 4) is 11.3 Å². The molecule has 1 amide bonds. The van der Waals surface area contributed by atoms with Gasteiger partial charge in [-0.2, -0.15) is 0 Å². The summed E-state index contributed by atoms with van der Waals surface area (Å²) in [6.45, 7) is 3.99. The van der Waals surface area contributed by atoms with E-state index in [1.165, 1.54) is 22.3 Å². The number of hydrogen-bond donors (Lipinski definition) is 0. The van der Waals surface area contributed by atoms with Crippen molar-refractivity contribution >= 4 is 45.6 Å². The lowest BCUT2D eigenvalue weighted by Crippen LogP contribution is -2.32. The predicted molar refractivity (Wildman–Crippen MR) is 104 cm³/mol. The lowest BCUT2D eigenvalue weighted by Gasteiger charge is -2.18. The Morgan fingerprint density at radius 3 is 2.64 bits per heavy atom. The Hall–Kier alpha value is -2.21. The summed E-state index contributed by atoms with van der Waals surface area (Å²) < 4.78 is 0. The average molecular weight is 390 g/mol. The van der Waals surface area contributed by atoms with Gasteiger partial charge in [-0.3, -0.25) is 9.69 Å². The fourth-order valence-electron chi connectivity index (χ4n) is 2.20. The van der Waals surface area contributed by atoms with Gasteiger partial charge in [-0.1, -0.05) is 59.6 Å². The Bertz CT molecular complexity index is 912. The van der Waals surface area contributed by atoms with Gasteiger partial charge >= 0.3 is 0 Å². The van der Waals surface area contributed by atoms with Gasteiger partial charge in [-0.05, 0) is 12.1 Å². The van der Waals surface area contributed by atoms with Gasteiger partial charge in [0.15, 0.2) is 5.13 Å². The normalized spacial score (nSPS) is 10.5. The van der Waals surface area contributed by atoms with Crippen LogP contribution in [0.5, 0.6) is 0 Å². The molecule has 0 radical (unpaired) electrons. The van der Waals surface area contributed by atoms with Crippen molar-refractivity contribution in [2.45, 2.75) is 0 Å². The smallest absolute Gasteiger partial charge is 0.279 e. The number of amides is 1. The van der Waals surface area contributed by atoms with Gasteiger partial charge in [0.2, 0.25) is 0 Å². The van der Waals surface area contributed by atoms with Crippen molar-refractivity contribution in [3.05, 3.63) is 76.4 Å². The fourth-order valence-corrected chi connectivity index (χ4v) is 3.38. The zero-order chi connectivity index (χ0) is 17.8. The molecule has 126 valence electrons. The molecular formula is C18H13Cl2N3OS. The summed E-state index contributed by atoms with van der Waals surface area (Å²) in [6, 6.07) is 12.8. The predicted octanol–water partition coefficient (Wildman–Crippen LogP) is 5.34. The van der Waals surface area contributed by atoms with Crippen LogP contribution in [0.25, 0.3) is 11.3 Å². The average Bonchev–Trinajstić information content (AvgIpc) is 3.11. The first kappa shape index (κ1) is 17.6. The van der Waals surface area contributed by atoms with E-state index in [2.05, 4.69) is 16.5 Å². The van der Waals surface area contributed by atoms with Crippen molar-refractivity contribution in [3.63, 3.8) is 0 Å². The molecule has 0 aliphatic heterocycles. The fraction of sp³-hybridized carbons (Fsp3) is 0.0556. The topological polar surface area (TPSA) is 46.1 Å². The van der Waals surface area contributed by atoms with Gasteiger partial charge in [0.05, 0.1) is 10.7 Å². The molecule has 2 aromatic heterocycles. The maximum absolute atomic E-state index is 12.9. The molecule has 0 N–H and O–H groups in total. The van der Waals surface area contributed by atoms with Crippen molar-refractivity contribution in [1.29, 1.82) is 0 Å². The van der Waals surface area contributed by atoms with Crippen LogP contribution < -0.4 is 4.90 Å². The van der Waals surface area contributed by atoms with E-state index in [9.17, 15) is 4.79 Å². The molecule has 0 fully saturated rings. The van der Waals surface area contributed by atoms with E-state index in [1.807, 2.05) is 35.7 Å². The first-order valence-electron chi connectivity index (χ1n) is 7.36. The molecule has 0 saturated heterocycles. The molecule has 0 bridgehead atoms. The third-order valence-electron chi connectivity index (χ3n) is 3.36. The molecule has 4 nitrogen and oxygen atoms in total. The van der Waals surface area contributed by atoms with Crippen LogP contribution in [0, 0.1) is 0 Å². The minimum Gasteiger partial charge on any atom is -0.279 e. The summed E-state index contributed by atoms with van der Waals surface area (Å²) in [7, 11) is 0. The van der Waals surface area contributed by atoms with Crippen LogP contribution in [0.2, 0.25) is 10.2 Å². The SMILES string of the molecule is C=CCN(C(=O)c1nc(Cl)ccc1Cl)c1nc(-c2ccccc2)cs1. The molecule has 1 aromatic carbocycles. The number of benzene rings is 1. The molecule has 2 heterocycles. The highest BCUT2D eigenvalue weighted by molar-refractivity contribution is 7.14. The minimum absolute atomic E-state index is 0.0903. The third kappa shape index (κ3) is 3.90. The van der Waals surface area contributed by atoms with Gasteiger partial charge < -0.3 is 0 Å². The van der Waals surface area contributed by atoms with Crippen molar-refractivity contribution in [1.82, 2.24) is 9.97 Å². The van der Waals surface area contributed by atoms with Crippen LogP contribution in [-0.4, -0.2) is 22.4 Å². The summed E-state index contributed by atoms with van der Waals surface area (Å²) in [5.41, 5.74) is 1.87. The van der Waals surface area contributed by atoms with Crippen LogP contribution in [0.15, 0.2) is 60.5 Å². The number of hydrogen-bond acceptors (Lipinski definition) is 4. The monoisotopic (exact) mass is 389 g/mol. The number of nitrogens with zero attached hydrogens (tertiary/aromatic N) is 3. The van der Waals surface area contributed by atoms with Crippen LogP contribution in [0.3, 0.4) is 0 Å². The van der Waals surface area contributed by atoms with E-state index in [4.69, 9.17) is 23.2 Å². The quantitative estimate of drug-likeness (QED) is 0.436. The Labute approximate surface area is 159 Å². The van der Waals surface area contributed by atoms with Gasteiger partial charge in [-0.15, -0.1) is 17.9 Å². The zero-order valence-electron chi connectivity index (χ0n) is 13.0. The first-order chi connectivity index (χ1) is 12.1. The lowest BCUT2D eigenvalue weighted by atomic mass is 10.2. The second kappa shape index (κ2) is 7.78. The summed E-state index contributed by atoms with van der Waals surface area (Å²) in [5.74, 6) is -0.374. The molecule has 0 saturated carbocycles. The standard InChI is InChI=1S/C18H13Cl2N3OS/c1-2-10-23(17(24)16-13(19)8-9-15(20)22-16)18-21-14(11-25-18)12-6-4-3-5-7-12/h2-9,11H,1,10H2. The van der Waals surface area contributed by atoms with E-state index in [0.717, 1.165) is 11.3 Å². The number of halogens is 2. The van der Waals surface area contributed by atoms with Crippen molar-refractivity contribution in [2.75, 3.05) is 11.4 Å². The number of thiazole rings is 1. The molecule has 3 rings (SSSR count). The van der Waals surface area contributed by atoms with E-state index in [-0.39, 0.29) is 28.3 Å². The van der Waals surface area contributed by atoms with E-state index >= 15 is 0 Å². The van der Waals surface area contributed by atoms with Crippen molar-refractivity contribution < 1.29 is 4.79 Å². The molecule has 0 unspecified atom stereocenters. The zero-order valence-corrected chi connectivity index (χ0v) is 15.4. The number of aromatic nitrogens is 2. The Balaban J connectivity index is 1.96. The second-order valence-corrected chi connectivity index (χ2v) is 6.68. The largest absolute Gasteiger partial charge is 0.280 e. The maximum Gasteiger partial charge on any atom is 0.280 e. The number of rotatable bonds is 5. The summed E-state index contributed by atoms with van der Waals surface area (Å²) >= 11 is 13.4. The van der Waals surface area contributed by atoms with Crippen LogP contribution >= 0.6 is 34.5 Å². The summed E-state index contributed by atoms with van der Waals surface area (Å²) in [4.78, 5) is 23.0. The van der Waals surface area contributed by atoms with Gasteiger partial charge in [-0.25, -0.2) is 9.97 Å². The number of anilines is 1. The highest BCUT2D eigenvalue weighted by Gasteiger charge is 2.23. The molecule has 3 aromatic rings. The second-order valence-electron chi connectivity index (χ2n) is 5.05. The Morgan fingerprint density at radius 2 is 1.92 bits per heavy atom. The lowest BCUT2D eigenvalue weighted by molar-refractivity contribution is 0.0985. The Kier molecular flexibility index (Phi) is 5.48. The molecule has 0 atom stereocenters. The minimum atomic E-state index is -0.374. The first-order valence-corrected chi connectivity index (χ1v) is 8.99. The molecule has 7 heteroatoms. The molecule has 0 aliphatic carbocycles. The van der Waals surface area contributed by atoms with Crippen molar-refractivity contribution in [2.24, 2.45) is 0 Å². The highest BCUT2D eigenvalue weighted by atomic mass is 35.5. The number of carbonyl (C=O) groups is 1. The van der Waals surface area contributed by atoms with Crippen LogP contribution in [-0.2, 0) is 0 Å². The molecular weight excluding hydrogens is 377 g/mol. The number of pyridine rings is 1. The molecule has 0 spiro atoms. The summed E-state index contributed by atoms with van der Waals surface area (Å²) in [5, 5.41) is 2.89. The summed E-state index contributed by atoms with van der Waals surface area (Å²) in [6.07, 6.45) is 1.62. The van der Waals surface area contributed by atoms with Gasteiger partial charge in [0, 0.05) is 17.5 Å². The molecule has 0 aliphatic rings. The van der Waals surface area contributed by atoms with Crippen LogP contribution in [0.4, 0.5) is 5.13 Å². The van der Waals surface area contributed by atoms with Gasteiger partial charge in [0.25, 0.3) is 5.91 Å². The number of carbonyl (C=O) groups excluding carboxylic acids is 1. The molecule has 25 heavy (non-hydrogen) atoms. The highest BCUT2D eigenvalue weighted by Crippen LogP contribution is 2.29. The van der Waals surface area contributed by atoms with E-state index in [1.54, 1.807) is 12.1 Å². The maximum atomic E-state index is 12.9. The van der Waals surface area contributed by atoms with Crippen LogP contribution in [0.1, 0.15) is 10.5 Å². The Morgan fingerprint density at radius 1 is 1.16 bits per heavy atom. The van der Waals surface area contributed by atoms with Gasteiger partial charge in [0.1, 0.15) is 10.8 Å². The third-order valence-corrected chi connectivity index (χ3v) is 4.74. The van der Waals surface area contributed by atoms with E-state index < -0.39 is 0 Å².